The Morgan fingerprint density at radius 2 is 2.00 bits per heavy atom. The highest BCUT2D eigenvalue weighted by atomic mass is 35.5. The molecule has 1 aromatic carbocycles. The van der Waals surface area contributed by atoms with Gasteiger partial charge in [-0.15, -0.1) is 0 Å². The van der Waals surface area contributed by atoms with Crippen LogP contribution in [0, 0.1) is 11.8 Å². The van der Waals surface area contributed by atoms with Gasteiger partial charge >= 0.3 is 0 Å². The van der Waals surface area contributed by atoms with Gasteiger partial charge in [0.1, 0.15) is 17.9 Å². The highest BCUT2D eigenvalue weighted by Gasteiger charge is 2.14. The summed E-state index contributed by atoms with van der Waals surface area (Å²) in [4.78, 5) is 28.9. The highest BCUT2D eigenvalue weighted by Crippen LogP contribution is 2.09. The number of hydrogen-bond acceptors (Lipinski definition) is 5. The van der Waals surface area contributed by atoms with Crippen LogP contribution in [0.5, 0.6) is 0 Å². The monoisotopic (exact) mass is 368 g/mol. The predicted molar refractivity (Wildman–Crippen MR) is 95.8 cm³/mol. The van der Waals surface area contributed by atoms with Crippen molar-refractivity contribution in [3.8, 4) is 11.8 Å². The molecule has 2 aromatic heterocycles. The summed E-state index contributed by atoms with van der Waals surface area (Å²) in [6.45, 7) is -0.0758. The average Bonchev–Trinajstić information content (AvgIpc) is 2.66. The van der Waals surface area contributed by atoms with Gasteiger partial charge in [-0.2, -0.15) is 9.61 Å². The van der Waals surface area contributed by atoms with Crippen LogP contribution in [0.15, 0.2) is 47.4 Å². The molecule has 0 spiro atoms. The largest absolute Gasteiger partial charge is 0.384 e. The molecule has 7 nitrogen and oxygen atoms in total. The number of nitrogens with zero attached hydrogens (tertiary/aromatic N) is 3. The molecule has 0 radical (unpaired) electrons. The molecule has 8 heteroatoms. The van der Waals surface area contributed by atoms with Crippen molar-refractivity contribution in [1.82, 2.24) is 19.9 Å². The fraction of sp³-hybridized carbons (Fsp3) is 0.111. The molecule has 1 amide bonds. The molecule has 0 fully saturated rings. The summed E-state index contributed by atoms with van der Waals surface area (Å²) in [6, 6.07) is 10.1. The lowest BCUT2D eigenvalue weighted by atomic mass is 10.2. The first-order valence-electron chi connectivity index (χ1n) is 7.60. The minimum Gasteiger partial charge on any atom is -0.384 e. The molecule has 0 bridgehead atoms. The van der Waals surface area contributed by atoms with E-state index in [-0.39, 0.29) is 24.4 Å². The molecule has 0 unspecified atom stereocenters. The van der Waals surface area contributed by atoms with Crippen molar-refractivity contribution in [2.24, 2.45) is 0 Å². The lowest BCUT2D eigenvalue weighted by molar-refractivity contribution is 0.0948. The van der Waals surface area contributed by atoms with E-state index in [9.17, 15) is 9.59 Å². The Balaban J connectivity index is 1.86. The first-order valence-corrected chi connectivity index (χ1v) is 7.98. The molecular formula is C18H13ClN4O3. The first-order chi connectivity index (χ1) is 12.6. The molecule has 0 atom stereocenters. The van der Waals surface area contributed by atoms with Crippen LogP contribution in [-0.2, 0) is 6.54 Å². The van der Waals surface area contributed by atoms with Crippen LogP contribution in [0.3, 0.4) is 0 Å². The molecular weight excluding hydrogens is 356 g/mol. The lowest BCUT2D eigenvalue weighted by Crippen LogP contribution is -2.32. The fourth-order valence-electron chi connectivity index (χ4n) is 2.20. The van der Waals surface area contributed by atoms with Crippen molar-refractivity contribution in [1.29, 1.82) is 0 Å². The van der Waals surface area contributed by atoms with Gasteiger partial charge in [0.25, 0.3) is 11.5 Å². The predicted octanol–water partition coefficient (Wildman–Crippen LogP) is 1.02. The number of aliphatic hydroxyl groups is 1. The van der Waals surface area contributed by atoms with Gasteiger partial charge in [0.05, 0.1) is 0 Å². The maximum absolute atomic E-state index is 12.5. The quantitative estimate of drug-likeness (QED) is 0.673. The van der Waals surface area contributed by atoms with E-state index < -0.39 is 11.5 Å². The van der Waals surface area contributed by atoms with E-state index in [1.807, 2.05) is 0 Å². The average molecular weight is 369 g/mol. The third kappa shape index (κ3) is 3.88. The van der Waals surface area contributed by atoms with Crippen LogP contribution >= 0.6 is 11.6 Å². The number of amides is 1. The Bertz CT molecular complexity index is 1080. The van der Waals surface area contributed by atoms with Crippen LogP contribution in [0.2, 0.25) is 5.02 Å². The van der Waals surface area contributed by atoms with Crippen molar-refractivity contribution >= 4 is 23.2 Å². The van der Waals surface area contributed by atoms with Gasteiger partial charge in [0, 0.05) is 17.8 Å². The molecule has 2 N–H and O–H groups in total. The number of carbonyl (C=O) groups is 1. The Morgan fingerprint density at radius 3 is 2.73 bits per heavy atom. The second kappa shape index (κ2) is 7.78. The number of halogens is 1. The molecule has 3 rings (SSSR count). The first kappa shape index (κ1) is 17.6. The van der Waals surface area contributed by atoms with Gasteiger partial charge in [0.15, 0.2) is 5.65 Å². The van der Waals surface area contributed by atoms with Gasteiger partial charge in [-0.3, -0.25) is 9.59 Å². The molecule has 0 aliphatic heterocycles. The van der Waals surface area contributed by atoms with Gasteiger partial charge < -0.3 is 10.4 Å². The van der Waals surface area contributed by atoms with E-state index in [4.69, 9.17) is 16.7 Å². The van der Waals surface area contributed by atoms with Crippen molar-refractivity contribution in [2.75, 3.05) is 6.61 Å². The third-order valence-corrected chi connectivity index (χ3v) is 3.72. The number of benzene rings is 1. The van der Waals surface area contributed by atoms with Crippen LogP contribution in [0.25, 0.3) is 5.65 Å². The molecule has 0 aliphatic rings. The zero-order chi connectivity index (χ0) is 18.5. The minimum atomic E-state index is -0.601. The lowest BCUT2D eigenvalue weighted by Gasteiger charge is -2.06. The standard InChI is InChI=1S/C18H13ClN4O3/c19-13-5-3-12(4-6-13)10-21-17(25)15-11-20-16-8-7-14(2-1-9-24)22-23(16)18(15)26/h3-8,11,24H,9-10H2,(H,21,25). The zero-order valence-corrected chi connectivity index (χ0v) is 14.2. The molecule has 0 saturated carbocycles. The second-order valence-electron chi connectivity index (χ2n) is 5.23. The number of nitrogens with one attached hydrogen (secondary N) is 1. The SMILES string of the molecule is O=C(NCc1ccc(Cl)cc1)c1cnc2ccc(C#CCO)nn2c1=O. The summed E-state index contributed by atoms with van der Waals surface area (Å²) in [7, 11) is 0. The Hall–Kier alpha value is -3.21. The van der Waals surface area contributed by atoms with Crippen molar-refractivity contribution in [3.63, 3.8) is 0 Å². The van der Waals surface area contributed by atoms with Gasteiger partial charge in [0.2, 0.25) is 0 Å². The highest BCUT2D eigenvalue weighted by molar-refractivity contribution is 6.30. The van der Waals surface area contributed by atoms with E-state index in [1.165, 1.54) is 6.20 Å². The molecule has 0 aliphatic carbocycles. The Labute approximate surface area is 153 Å². The van der Waals surface area contributed by atoms with Crippen LogP contribution in [0.4, 0.5) is 0 Å². The topological polar surface area (TPSA) is 96.6 Å². The van der Waals surface area contributed by atoms with Crippen molar-refractivity contribution < 1.29 is 9.90 Å². The molecule has 0 saturated heterocycles. The van der Waals surface area contributed by atoms with Gasteiger partial charge in [-0.25, -0.2) is 4.98 Å². The number of aromatic nitrogens is 3. The van der Waals surface area contributed by atoms with E-state index in [0.29, 0.717) is 10.7 Å². The Kier molecular flexibility index (Phi) is 5.27. The normalized spacial score (nSPS) is 10.2. The summed E-state index contributed by atoms with van der Waals surface area (Å²) in [5.74, 6) is 4.50. The van der Waals surface area contributed by atoms with Gasteiger partial charge in [-0.1, -0.05) is 29.7 Å². The summed E-state index contributed by atoms with van der Waals surface area (Å²) in [5, 5.41) is 16.0. The third-order valence-electron chi connectivity index (χ3n) is 3.47. The molecule has 26 heavy (non-hydrogen) atoms. The molecule has 2 heterocycles. The van der Waals surface area contributed by atoms with E-state index >= 15 is 0 Å². The molecule has 3 aromatic rings. The number of carbonyl (C=O) groups excluding carboxylic acids is 1. The van der Waals surface area contributed by atoms with Gasteiger partial charge in [-0.05, 0) is 35.7 Å². The minimum absolute atomic E-state index is 0.128. The summed E-state index contributed by atoms with van der Waals surface area (Å²) in [6.07, 6.45) is 1.22. The number of aliphatic hydroxyl groups excluding tert-OH is 1. The number of fused-ring (bicyclic) bond motifs is 1. The maximum Gasteiger partial charge on any atom is 0.287 e. The van der Waals surface area contributed by atoms with Crippen LogP contribution < -0.4 is 10.9 Å². The smallest absolute Gasteiger partial charge is 0.287 e. The van der Waals surface area contributed by atoms with E-state index in [0.717, 1.165) is 10.1 Å². The fourth-order valence-corrected chi connectivity index (χ4v) is 2.32. The maximum atomic E-state index is 12.5. The number of hydrogen-bond donors (Lipinski definition) is 2. The van der Waals surface area contributed by atoms with Crippen LogP contribution in [0.1, 0.15) is 21.6 Å². The Morgan fingerprint density at radius 1 is 1.23 bits per heavy atom. The van der Waals surface area contributed by atoms with Crippen LogP contribution in [-0.4, -0.2) is 32.2 Å². The van der Waals surface area contributed by atoms with E-state index in [1.54, 1.807) is 36.4 Å². The van der Waals surface area contributed by atoms with Crippen molar-refractivity contribution in [3.05, 3.63) is 74.8 Å². The zero-order valence-electron chi connectivity index (χ0n) is 13.4. The summed E-state index contributed by atoms with van der Waals surface area (Å²) < 4.78 is 1.01. The van der Waals surface area contributed by atoms with E-state index in [2.05, 4.69) is 27.2 Å². The summed E-state index contributed by atoms with van der Waals surface area (Å²) >= 11 is 5.82. The number of rotatable bonds is 3. The van der Waals surface area contributed by atoms with Crippen molar-refractivity contribution in [2.45, 2.75) is 6.54 Å². The summed E-state index contributed by atoms with van der Waals surface area (Å²) in [5.41, 5.74) is 0.691. The molecule has 130 valence electrons. The second-order valence-corrected chi connectivity index (χ2v) is 5.67.